The molecule has 1 aliphatic rings. The maximum absolute atomic E-state index is 5.47. The summed E-state index contributed by atoms with van der Waals surface area (Å²) in [5.41, 5.74) is 5.47. The van der Waals surface area contributed by atoms with Crippen molar-refractivity contribution in [2.45, 2.75) is 12.3 Å². The summed E-state index contributed by atoms with van der Waals surface area (Å²) in [5.74, 6) is 2.20. The molecule has 1 heterocycles. The van der Waals surface area contributed by atoms with Crippen LogP contribution in [0.1, 0.15) is 18.2 Å². The minimum Gasteiger partial charge on any atom is -0.330 e. The van der Waals surface area contributed by atoms with Gasteiger partial charge in [-0.05, 0) is 18.9 Å². The summed E-state index contributed by atoms with van der Waals surface area (Å²) in [6.07, 6.45) is 2.72. The lowest BCUT2D eigenvalue weighted by Crippen LogP contribution is -2.02. The van der Waals surface area contributed by atoms with Crippen molar-refractivity contribution in [1.82, 2.24) is 15.2 Å². The van der Waals surface area contributed by atoms with Crippen molar-refractivity contribution < 1.29 is 0 Å². The molecule has 4 nitrogen and oxygen atoms in total. The highest BCUT2D eigenvalue weighted by Gasteiger charge is 2.39. The Morgan fingerprint density at radius 2 is 2.70 bits per heavy atom. The molecule has 1 aliphatic carbocycles. The van der Waals surface area contributed by atoms with E-state index in [1.54, 1.807) is 6.33 Å². The molecular formula is C6H10N4. The molecule has 0 amide bonds. The molecule has 0 aliphatic heterocycles. The Hall–Kier alpha value is -0.900. The molecule has 1 saturated carbocycles. The average Bonchev–Trinajstić information content (AvgIpc) is 2.56. The van der Waals surface area contributed by atoms with E-state index in [0.29, 0.717) is 11.8 Å². The van der Waals surface area contributed by atoms with Crippen LogP contribution in [0.3, 0.4) is 0 Å². The fourth-order valence-corrected chi connectivity index (χ4v) is 1.24. The summed E-state index contributed by atoms with van der Waals surface area (Å²) in [7, 11) is 0. The van der Waals surface area contributed by atoms with E-state index in [-0.39, 0.29) is 0 Å². The Balaban J connectivity index is 2.05. The summed E-state index contributed by atoms with van der Waals surface area (Å²) in [5, 5.41) is 6.62. The second-order valence-electron chi connectivity index (χ2n) is 2.71. The minimum atomic E-state index is 0.562. The molecule has 3 N–H and O–H groups in total. The molecule has 1 fully saturated rings. The van der Waals surface area contributed by atoms with E-state index >= 15 is 0 Å². The van der Waals surface area contributed by atoms with Crippen molar-refractivity contribution in [3.63, 3.8) is 0 Å². The van der Waals surface area contributed by atoms with E-state index in [4.69, 9.17) is 5.73 Å². The Morgan fingerprint density at radius 3 is 3.20 bits per heavy atom. The monoisotopic (exact) mass is 138 g/mol. The number of H-pyrrole nitrogens is 1. The number of rotatable bonds is 2. The smallest absolute Gasteiger partial charge is 0.137 e. The highest BCUT2D eigenvalue weighted by atomic mass is 15.2. The highest BCUT2D eigenvalue weighted by Crippen LogP contribution is 2.44. The van der Waals surface area contributed by atoms with Crippen LogP contribution in [0.25, 0.3) is 0 Å². The fraction of sp³-hybridized carbons (Fsp3) is 0.667. The fourth-order valence-electron chi connectivity index (χ4n) is 1.24. The number of aromatic nitrogens is 3. The average molecular weight is 138 g/mol. The van der Waals surface area contributed by atoms with Gasteiger partial charge in [0.05, 0.1) is 0 Å². The van der Waals surface area contributed by atoms with E-state index in [2.05, 4.69) is 15.2 Å². The lowest BCUT2D eigenvalue weighted by molar-refractivity contribution is 0.780. The van der Waals surface area contributed by atoms with Crippen LogP contribution in [-0.4, -0.2) is 21.7 Å². The topological polar surface area (TPSA) is 67.6 Å². The van der Waals surface area contributed by atoms with Crippen molar-refractivity contribution in [1.29, 1.82) is 0 Å². The first-order valence-corrected chi connectivity index (χ1v) is 3.47. The first-order valence-electron chi connectivity index (χ1n) is 3.47. The molecule has 0 bridgehead atoms. The van der Waals surface area contributed by atoms with Gasteiger partial charge in [0.1, 0.15) is 12.2 Å². The van der Waals surface area contributed by atoms with Gasteiger partial charge in [-0.15, -0.1) is 0 Å². The van der Waals surface area contributed by atoms with Crippen molar-refractivity contribution in [2.75, 3.05) is 6.54 Å². The molecule has 54 valence electrons. The van der Waals surface area contributed by atoms with Crippen molar-refractivity contribution in [3.05, 3.63) is 12.2 Å². The minimum absolute atomic E-state index is 0.562. The Labute approximate surface area is 58.8 Å². The molecule has 0 aromatic carbocycles. The van der Waals surface area contributed by atoms with E-state index in [0.717, 1.165) is 12.4 Å². The lowest BCUT2D eigenvalue weighted by atomic mass is 10.3. The van der Waals surface area contributed by atoms with Crippen LogP contribution in [0.15, 0.2) is 6.33 Å². The van der Waals surface area contributed by atoms with Crippen LogP contribution >= 0.6 is 0 Å². The van der Waals surface area contributed by atoms with Crippen LogP contribution in [0.2, 0.25) is 0 Å². The zero-order chi connectivity index (χ0) is 6.97. The first-order chi connectivity index (χ1) is 4.92. The van der Waals surface area contributed by atoms with Gasteiger partial charge in [0.25, 0.3) is 0 Å². The van der Waals surface area contributed by atoms with E-state index in [1.807, 2.05) is 0 Å². The standard InChI is InChI=1S/C6H10N4/c7-2-4-1-5(4)6-8-3-9-10-6/h3-5H,1-2,7H2,(H,8,9,10). The molecule has 2 rings (SSSR count). The molecule has 4 heteroatoms. The molecule has 1 aromatic rings. The molecule has 1 aromatic heterocycles. The molecule has 0 spiro atoms. The van der Waals surface area contributed by atoms with Crippen molar-refractivity contribution in [3.8, 4) is 0 Å². The molecule has 10 heavy (non-hydrogen) atoms. The third kappa shape index (κ3) is 0.806. The van der Waals surface area contributed by atoms with Crippen LogP contribution in [0.4, 0.5) is 0 Å². The number of aromatic amines is 1. The van der Waals surface area contributed by atoms with Gasteiger partial charge in [-0.3, -0.25) is 5.10 Å². The molecular weight excluding hydrogens is 128 g/mol. The Bertz CT molecular complexity index is 206. The summed E-state index contributed by atoms with van der Waals surface area (Å²) in [6, 6.07) is 0. The number of nitrogens with zero attached hydrogens (tertiary/aromatic N) is 2. The number of nitrogens with one attached hydrogen (secondary N) is 1. The molecule has 2 atom stereocenters. The van der Waals surface area contributed by atoms with Crippen LogP contribution < -0.4 is 5.73 Å². The predicted octanol–water partition coefficient (Wildman–Crippen LogP) is -0.133. The maximum Gasteiger partial charge on any atom is 0.137 e. The van der Waals surface area contributed by atoms with Gasteiger partial charge in [0.2, 0.25) is 0 Å². The molecule has 0 saturated heterocycles. The first kappa shape index (κ1) is 5.85. The van der Waals surface area contributed by atoms with E-state index < -0.39 is 0 Å². The molecule has 2 unspecified atom stereocenters. The summed E-state index contributed by atoms with van der Waals surface area (Å²) < 4.78 is 0. The number of hydrogen-bond donors (Lipinski definition) is 2. The predicted molar refractivity (Wildman–Crippen MR) is 36.3 cm³/mol. The lowest BCUT2D eigenvalue weighted by Gasteiger charge is -1.88. The quantitative estimate of drug-likeness (QED) is 0.598. The zero-order valence-corrected chi connectivity index (χ0v) is 5.62. The van der Waals surface area contributed by atoms with Crippen LogP contribution in [0, 0.1) is 5.92 Å². The van der Waals surface area contributed by atoms with Crippen molar-refractivity contribution in [2.24, 2.45) is 11.7 Å². The third-order valence-corrected chi connectivity index (χ3v) is 2.01. The Kier molecular flexibility index (Phi) is 1.20. The van der Waals surface area contributed by atoms with Crippen molar-refractivity contribution >= 4 is 0 Å². The van der Waals surface area contributed by atoms with E-state index in [1.165, 1.54) is 6.42 Å². The molecule has 0 radical (unpaired) electrons. The third-order valence-electron chi connectivity index (χ3n) is 2.01. The summed E-state index contributed by atoms with van der Waals surface area (Å²) in [4.78, 5) is 4.05. The van der Waals surface area contributed by atoms with Crippen LogP contribution in [0.5, 0.6) is 0 Å². The van der Waals surface area contributed by atoms with Gasteiger partial charge in [0.15, 0.2) is 0 Å². The summed E-state index contributed by atoms with van der Waals surface area (Å²) in [6.45, 7) is 0.769. The van der Waals surface area contributed by atoms with Gasteiger partial charge >= 0.3 is 0 Å². The SMILES string of the molecule is NCC1CC1c1ncn[nH]1. The van der Waals surface area contributed by atoms with Gasteiger partial charge in [-0.2, -0.15) is 5.10 Å². The highest BCUT2D eigenvalue weighted by molar-refractivity contribution is 5.08. The largest absolute Gasteiger partial charge is 0.330 e. The Morgan fingerprint density at radius 1 is 1.80 bits per heavy atom. The van der Waals surface area contributed by atoms with Gasteiger partial charge < -0.3 is 5.73 Å². The second-order valence-corrected chi connectivity index (χ2v) is 2.71. The van der Waals surface area contributed by atoms with Gasteiger partial charge in [0, 0.05) is 5.92 Å². The second kappa shape index (κ2) is 2.05. The van der Waals surface area contributed by atoms with Gasteiger partial charge in [-0.1, -0.05) is 0 Å². The van der Waals surface area contributed by atoms with Gasteiger partial charge in [-0.25, -0.2) is 4.98 Å². The maximum atomic E-state index is 5.47. The number of hydrogen-bond acceptors (Lipinski definition) is 3. The normalized spacial score (nSPS) is 30.5. The van der Waals surface area contributed by atoms with E-state index in [9.17, 15) is 0 Å². The zero-order valence-electron chi connectivity index (χ0n) is 5.62. The van der Waals surface area contributed by atoms with Crippen LogP contribution in [-0.2, 0) is 0 Å². The summed E-state index contributed by atoms with van der Waals surface area (Å²) >= 11 is 0. The number of nitrogens with two attached hydrogens (primary N) is 1.